The van der Waals surface area contributed by atoms with E-state index in [9.17, 15) is 29.4 Å². The van der Waals surface area contributed by atoms with E-state index in [4.69, 9.17) is 4.74 Å². The molecule has 2 aromatic rings. The van der Waals surface area contributed by atoms with Crippen molar-refractivity contribution in [3.63, 3.8) is 0 Å². The Morgan fingerprint density at radius 3 is 2.38 bits per heavy atom. The number of carbonyl (C=O) groups excluding carboxylic acids is 4. The molecule has 2 aliphatic rings. The number of nitrogens with zero attached hydrogens (tertiary/aromatic N) is 4. The Labute approximate surface area is 294 Å². The van der Waals surface area contributed by atoms with Gasteiger partial charge in [-0.2, -0.15) is 5.10 Å². The summed E-state index contributed by atoms with van der Waals surface area (Å²) in [6, 6.07) is 4.37. The van der Waals surface area contributed by atoms with Crippen molar-refractivity contribution in [1.29, 1.82) is 0 Å². The predicted molar refractivity (Wildman–Crippen MR) is 187 cm³/mol. The molecule has 0 aliphatic carbocycles. The first-order valence-electron chi connectivity index (χ1n) is 17.5. The quantitative estimate of drug-likeness (QED) is 0.291. The Bertz CT molecular complexity index is 1520. The van der Waals surface area contributed by atoms with Crippen LogP contribution in [0.4, 0.5) is 0 Å². The smallest absolute Gasteiger partial charge is 0.258 e. The molecular formula is C36H55N7O7. The molecule has 5 N–H and O–H groups in total. The summed E-state index contributed by atoms with van der Waals surface area (Å²) in [4.78, 5) is 57.0. The van der Waals surface area contributed by atoms with Crippen LogP contribution in [0.5, 0.6) is 5.75 Å². The van der Waals surface area contributed by atoms with E-state index >= 15 is 0 Å². The topological polar surface area (TPSA) is 178 Å². The first kappa shape index (κ1) is 38.8. The highest BCUT2D eigenvalue weighted by molar-refractivity contribution is 5.94. The van der Waals surface area contributed by atoms with E-state index in [-0.39, 0.29) is 30.5 Å². The van der Waals surface area contributed by atoms with Crippen molar-refractivity contribution in [3.8, 4) is 5.75 Å². The van der Waals surface area contributed by atoms with Gasteiger partial charge >= 0.3 is 0 Å². The van der Waals surface area contributed by atoms with Crippen LogP contribution >= 0.6 is 0 Å². The molecule has 276 valence electrons. The molecule has 1 fully saturated rings. The van der Waals surface area contributed by atoms with Gasteiger partial charge in [-0.25, -0.2) is 0 Å². The van der Waals surface area contributed by atoms with Gasteiger partial charge in [-0.1, -0.05) is 26.0 Å². The van der Waals surface area contributed by atoms with Crippen LogP contribution in [-0.2, 0) is 38.7 Å². The average molecular weight is 698 g/mol. The number of fused-ring (bicyclic) bond motifs is 2. The van der Waals surface area contributed by atoms with E-state index in [1.54, 1.807) is 6.07 Å². The Balaban J connectivity index is 1.61. The number of aromatic nitrogens is 2. The lowest BCUT2D eigenvalue weighted by molar-refractivity contribution is -0.144. The number of hydrogen-bond acceptors (Lipinski definition) is 9. The van der Waals surface area contributed by atoms with Gasteiger partial charge in [0.05, 0.1) is 24.9 Å². The summed E-state index contributed by atoms with van der Waals surface area (Å²) in [7, 11) is 1.42. The Morgan fingerprint density at radius 2 is 1.74 bits per heavy atom. The van der Waals surface area contributed by atoms with Crippen molar-refractivity contribution >= 4 is 23.6 Å². The molecule has 1 saturated heterocycles. The third-order valence-electron chi connectivity index (χ3n) is 10.2. The third-order valence-corrected chi connectivity index (χ3v) is 10.2. The molecule has 0 unspecified atom stereocenters. The lowest BCUT2D eigenvalue weighted by Crippen LogP contribution is -2.59. The fraction of sp³-hybridized carbons (Fsp3) is 0.639. The molecule has 0 radical (unpaired) electrons. The Hall–Kier alpha value is -4.01. The summed E-state index contributed by atoms with van der Waals surface area (Å²) in [5.74, 6) is -1.83. The van der Waals surface area contributed by atoms with Crippen LogP contribution in [0.15, 0.2) is 24.3 Å². The van der Waals surface area contributed by atoms with Crippen LogP contribution in [0, 0.1) is 25.2 Å². The number of carbonyl (C=O) groups is 4. The minimum absolute atomic E-state index is 0.0271. The zero-order valence-electron chi connectivity index (χ0n) is 30.5. The highest BCUT2D eigenvalue weighted by Crippen LogP contribution is 2.36. The number of hydrogen-bond donors (Lipinski definition) is 5. The molecule has 50 heavy (non-hydrogen) atoms. The monoisotopic (exact) mass is 697 g/mol. The average Bonchev–Trinajstić information content (AvgIpc) is 3.34. The number of ether oxygens (including phenoxy) is 1. The standard InChI is InChI=1S/C36H55N7O7/c1-22(2)31-34(48)37-21-36(11-13-42(14-12-36)19-29-23(3)40-43(15-16-44)24(29)4)18-27-9-8-10-28(17-27)50-20-30(46)38-32(26(6)45)35(49)41(7)25(5)33(47)39-31/h8-10,17,22,25-26,31-32,44-45H,11-16,18-21H2,1-7H3,(H,37,48)(H,38,46)(H,39,47)/t25-,26+,31+,32-/m0/s1. The number of amides is 4. The van der Waals surface area contributed by atoms with Gasteiger partial charge in [-0.3, -0.25) is 28.8 Å². The van der Waals surface area contributed by atoms with E-state index in [1.807, 2.05) is 50.6 Å². The number of aliphatic hydroxyl groups excluding tert-OH is 2. The predicted octanol–water partition coefficient (Wildman–Crippen LogP) is 0.679. The van der Waals surface area contributed by atoms with Gasteiger partial charge in [0.25, 0.3) is 5.91 Å². The normalized spacial score (nSPS) is 23.7. The first-order valence-corrected chi connectivity index (χ1v) is 17.5. The van der Waals surface area contributed by atoms with Crippen molar-refractivity contribution in [2.45, 2.75) is 98.1 Å². The summed E-state index contributed by atoms with van der Waals surface area (Å²) in [5.41, 5.74) is 3.85. The highest BCUT2D eigenvalue weighted by atomic mass is 16.5. The molecule has 1 aromatic heterocycles. The molecule has 3 heterocycles. The molecule has 1 spiro atoms. The van der Waals surface area contributed by atoms with Crippen molar-refractivity contribution in [2.75, 3.05) is 39.9 Å². The summed E-state index contributed by atoms with van der Waals surface area (Å²) >= 11 is 0. The maximum atomic E-state index is 13.8. The number of piperidine rings is 1. The number of aliphatic hydroxyl groups is 2. The van der Waals surface area contributed by atoms with Crippen LogP contribution in [0.2, 0.25) is 0 Å². The zero-order valence-corrected chi connectivity index (χ0v) is 30.5. The van der Waals surface area contributed by atoms with Crippen molar-refractivity contribution in [1.82, 2.24) is 35.5 Å². The molecule has 14 nitrogen and oxygen atoms in total. The second-order valence-electron chi connectivity index (χ2n) is 14.3. The number of rotatable bonds is 6. The number of benzene rings is 1. The van der Waals surface area contributed by atoms with E-state index < -0.39 is 42.0 Å². The van der Waals surface area contributed by atoms with Gasteiger partial charge in [-0.15, -0.1) is 0 Å². The van der Waals surface area contributed by atoms with Crippen molar-refractivity contribution < 1.29 is 34.1 Å². The van der Waals surface area contributed by atoms with E-state index in [0.717, 1.165) is 59.9 Å². The third kappa shape index (κ3) is 9.40. The Morgan fingerprint density at radius 1 is 1.04 bits per heavy atom. The summed E-state index contributed by atoms with van der Waals surface area (Å²) in [6.07, 6.45) is 1.01. The lowest BCUT2D eigenvalue weighted by atomic mass is 9.73. The SMILES string of the molecule is Cc1nn(CCO)c(C)c1CN1CCC2(CC1)CNC(=O)[C@@H](C(C)C)NC(=O)[C@H](C)N(C)C(=O)[C@H]([C@@H](C)O)NC(=O)COc1cccc(c1)C2. The second-order valence-corrected chi connectivity index (χ2v) is 14.3. The molecule has 4 atom stereocenters. The summed E-state index contributed by atoms with van der Waals surface area (Å²) in [5, 5.41) is 33.0. The molecule has 2 aliphatic heterocycles. The van der Waals surface area contributed by atoms with Gasteiger partial charge < -0.3 is 35.8 Å². The van der Waals surface area contributed by atoms with Gasteiger partial charge in [-0.05, 0) is 89.1 Å². The minimum Gasteiger partial charge on any atom is -0.484 e. The fourth-order valence-electron chi connectivity index (χ4n) is 6.81. The van der Waals surface area contributed by atoms with Crippen LogP contribution in [0.1, 0.15) is 63.1 Å². The van der Waals surface area contributed by atoms with Crippen LogP contribution < -0.4 is 20.7 Å². The first-order chi connectivity index (χ1) is 23.6. The van der Waals surface area contributed by atoms with Crippen molar-refractivity contribution in [2.24, 2.45) is 11.3 Å². The second kappa shape index (κ2) is 16.8. The largest absolute Gasteiger partial charge is 0.484 e. The van der Waals surface area contributed by atoms with Crippen molar-refractivity contribution in [3.05, 3.63) is 46.8 Å². The minimum atomic E-state index is -1.31. The van der Waals surface area contributed by atoms with Gasteiger partial charge in [0.2, 0.25) is 17.7 Å². The molecule has 2 bridgehead atoms. The van der Waals surface area contributed by atoms with Crippen LogP contribution in [0.25, 0.3) is 0 Å². The highest BCUT2D eigenvalue weighted by Gasteiger charge is 2.38. The molecule has 14 heteroatoms. The van der Waals surface area contributed by atoms with Gasteiger partial charge in [0.1, 0.15) is 23.9 Å². The van der Waals surface area contributed by atoms with Crippen LogP contribution in [-0.4, -0.2) is 118 Å². The number of nitrogens with one attached hydrogen (secondary N) is 3. The summed E-state index contributed by atoms with van der Waals surface area (Å²) < 4.78 is 7.68. The van der Waals surface area contributed by atoms with Gasteiger partial charge in [0, 0.05) is 31.4 Å². The number of likely N-dealkylation sites (N-methyl/N-ethyl adjacent to an activating group) is 1. The Kier molecular flexibility index (Phi) is 13.0. The summed E-state index contributed by atoms with van der Waals surface area (Å²) in [6.45, 7) is 13.5. The van der Waals surface area contributed by atoms with Gasteiger partial charge in [0.15, 0.2) is 6.61 Å². The molecule has 4 amide bonds. The van der Waals surface area contributed by atoms with Crippen LogP contribution in [0.3, 0.4) is 0 Å². The fourth-order valence-corrected chi connectivity index (χ4v) is 6.81. The van der Waals surface area contributed by atoms with E-state index in [0.29, 0.717) is 25.3 Å². The van der Waals surface area contributed by atoms with E-state index in [2.05, 4.69) is 25.9 Å². The maximum Gasteiger partial charge on any atom is 0.258 e. The zero-order chi connectivity index (χ0) is 36.7. The maximum absolute atomic E-state index is 13.8. The number of likely N-dealkylation sites (tertiary alicyclic amines) is 1. The lowest BCUT2D eigenvalue weighted by Gasteiger charge is -2.42. The molecule has 4 rings (SSSR count). The molecule has 1 aromatic carbocycles. The molecule has 0 saturated carbocycles. The molecular weight excluding hydrogens is 642 g/mol. The van der Waals surface area contributed by atoms with E-state index in [1.165, 1.54) is 20.9 Å². The number of aryl methyl sites for hydroxylation is 1.